The lowest BCUT2D eigenvalue weighted by Gasteiger charge is -2.15. The van der Waals surface area contributed by atoms with Crippen molar-refractivity contribution in [2.24, 2.45) is 0 Å². The summed E-state index contributed by atoms with van der Waals surface area (Å²) in [4.78, 5) is 20.7. The van der Waals surface area contributed by atoms with Crippen LogP contribution in [0.25, 0.3) is 0 Å². The number of anilines is 4. The minimum atomic E-state index is -0.393. The number of hydrogen-bond acceptors (Lipinski definition) is 8. The molecule has 9 heteroatoms. The topological polar surface area (TPSA) is 123 Å². The van der Waals surface area contributed by atoms with Crippen molar-refractivity contribution in [2.75, 3.05) is 30.7 Å². The van der Waals surface area contributed by atoms with E-state index in [9.17, 15) is 4.79 Å². The number of aryl methyl sites for hydroxylation is 1. The molecule has 1 amide bonds. The van der Waals surface area contributed by atoms with Crippen LogP contribution in [0, 0.1) is 6.92 Å². The predicted octanol–water partition coefficient (Wildman–Crippen LogP) is 2.88. The van der Waals surface area contributed by atoms with Gasteiger partial charge in [0.2, 0.25) is 0 Å². The number of carbonyl (C=O) groups excluding carboxylic acids is 1. The molecular weight excluding hydrogens is 372 g/mol. The van der Waals surface area contributed by atoms with E-state index in [1.165, 1.54) is 13.4 Å². The lowest BCUT2D eigenvalue weighted by atomic mass is 10.2. The molecule has 0 aliphatic carbocycles. The van der Waals surface area contributed by atoms with Crippen molar-refractivity contribution in [3.8, 4) is 11.5 Å². The number of rotatable bonds is 7. The molecule has 0 radical (unpaired) electrons. The third kappa shape index (κ3) is 4.46. The van der Waals surface area contributed by atoms with Crippen molar-refractivity contribution in [2.45, 2.75) is 6.92 Å². The number of methoxy groups -OCH3 is 2. The van der Waals surface area contributed by atoms with E-state index >= 15 is 0 Å². The summed E-state index contributed by atoms with van der Waals surface area (Å²) in [5.41, 5.74) is 13.8. The van der Waals surface area contributed by atoms with Crippen LogP contribution in [0.2, 0.25) is 0 Å². The maximum absolute atomic E-state index is 12.4. The van der Waals surface area contributed by atoms with Crippen molar-refractivity contribution >= 4 is 28.9 Å². The fourth-order valence-electron chi connectivity index (χ4n) is 2.66. The number of carbonyl (C=O) groups is 1. The Hall–Kier alpha value is -4.01. The molecule has 0 unspecified atom stereocenters. The molecule has 0 spiro atoms. The maximum Gasteiger partial charge on any atom is 0.273 e. The summed E-state index contributed by atoms with van der Waals surface area (Å²) in [5.74, 6) is 1.33. The van der Waals surface area contributed by atoms with Gasteiger partial charge in [0.25, 0.3) is 5.91 Å². The average molecular weight is 394 g/mol. The molecule has 0 bridgehead atoms. The Balaban J connectivity index is 1.77. The molecule has 3 rings (SSSR count). The van der Waals surface area contributed by atoms with Crippen molar-refractivity contribution in [1.82, 2.24) is 15.4 Å². The molecule has 1 heterocycles. The Labute approximate surface area is 168 Å². The fraction of sp³-hybridized carbons (Fsp3) is 0.150. The van der Waals surface area contributed by atoms with E-state index in [0.717, 1.165) is 5.56 Å². The first-order chi connectivity index (χ1) is 14.0. The van der Waals surface area contributed by atoms with Crippen LogP contribution in [0.15, 0.2) is 48.8 Å². The molecule has 2 aromatic carbocycles. The summed E-state index contributed by atoms with van der Waals surface area (Å²) < 4.78 is 10.6. The van der Waals surface area contributed by atoms with Crippen LogP contribution in [0.5, 0.6) is 11.5 Å². The van der Waals surface area contributed by atoms with Crippen LogP contribution in [-0.2, 0) is 0 Å². The highest BCUT2D eigenvalue weighted by Crippen LogP contribution is 2.31. The maximum atomic E-state index is 12.4. The quantitative estimate of drug-likeness (QED) is 0.451. The Morgan fingerprint density at radius 2 is 1.72 bits per heavy atom. The lowest BCUT2D eigenvalue weighted by molar-refractivity contribution is 0.0959. The van der Waals surface area contributed by atoms with E-state index in [2.05, 4.69) is 26.1 Å². The molecule has 0 fully saturated rings. The number of hydrazine groups is 1. The van der Waals surface area contributed by atoms with Crippen molar-refractivity contribution in [1.29, 1.82) is 0 Å². The molecule has 150 valence electrons. The van der Waals surface area contributed by atoms with Gasteiger partial charge in [-0.1, -0.05) is 18.2 Å². The highest BCUT2D eigenvalue weighted by molar-refractivity contribution is 5.97. The first kappa shape index (κ1) is 19.7. The van der Waals surface area contributed by atoms with E-state index in [4.69, 9.17) is 15.2 Å². The number of amides is 1. The highest BCUT2D eigenvalue weighted by Gasteiger charge is 2.14. The van der Waals surface area contributed by atoms with E-state index in [-0.39, 0.29) is 11.5 Å². The van der Waals surface area contributed by atoms with Crippen molar-refractivity contribution in [3.05, 3.63) is 59.9 Å². The summed E-state index contributed by atoms with van der Waals surface area (Å²) in [6, 6.07) is 12.6. The molecule has 0 atom stereocenters. The van der Waals surface area contributed by atoms with E-state index in [0.29, 0.717) is 28.6 Å². The summed E-state index contributed by atoms with van der Waals surface area (Å²) in [6.45, 7) is 1.97. The molecule has 5 N–H and O–H groups in total. The minimum absolute atomic E-state index is 0.233. The third-order valence-corrected chi connectivity index (χ3v) is 4.14. The van der Waals surface area contributed by atoms with Gasteiger partial charge in [-0.3, -0.25) is 15.6 Å². The standard InChI is InChI=1S/C20H22N6O3/c1-12-8-9-16(29-3)14(10-12)24-18-17(21)19(23-11-22-18)25-26-20(27)13-6-4-5-7-15(13)28-2/h4-11H,21H2,1-3H3,(H,26,27)(H2,22,23,24,25). The molecule has 0 saturated carbocycles. The van der Waals surface area contributed by atoms with E-state index in [1.54, 1.807) is 31.4 Å². The number of nitrogens with one attached hydrogen (secondary N) is 3. The Morgan fingerprint density at radius 3 is 2.48 bits per heavy atom. The van der Waals surface area contributed by atoms with Crippen LogP contribution in [0.3, 0.4) is 0 Å². The van der Waals surface area contributed by atoms with Gasteiger partial charge in [0.05, 0.1) is 25.5 Å². The second kappa shape index (κ2) is 8.79. The van der Waals surface area contributed by atoms with Crippen LogP contribution in [0.4, 0.5) is 23.0 Å². The van der Waals surface area contributed by atoms with Crippen molar-refractivity contribution in [3.63, 3.8) is 0 Å². The van der Waals surface area contributed by atoms with E-state index < -0.39 is 5.91 Å². The third-order valence-electron chi connectivity index (χ3n) is 4.14. The minimum Gasteiger partial charge on any atom is -0.496 e. The van der Waals surface area contributed by atoms with Crippen LogP contribution < -0.4 is 31.4 Å². The lowest BCUT2D eigenvalue weighted by Crippen LogP contribution is -2.30. The Bertz CT molecular complexity index is 1020. The van der Waals surface area contributed by atoms with Gasteiger partial charge in [0.15, 0.2) is 11.6 Å². The number of nitrogens with zero attached hydrogens (tertiary/aromatic N) is 2. The molecule has 0 saturated heterocycles. The monoisotopic (exact) mass is 394 g/mol. The van der Waals surface area contributed by atoms with Gasteiger partial charge in [0, 0.05) is 0 Å². The molecule has 29 heavy (non-hydrogen) atoms. The number of nitrogen functional groups attached to an aromatic ring is 1. The second-order valence-corrected chi connectivity index (χ2v) is 6.09. The van der Waals surface area contributed by atoms with Gasteiger partial charge in [-0.25, -0.2) is 9.97 Å². The first-order valence-corrected chi connectivity index (χ1v) is 8.75. The highest BCUT2D eigenvalue weighted by atomic mass is 16.5. The zero-order chi connectivity index (χ0) is 20.8. The zero-order valence-corrected chi connectivity index (χ0v) is 16.3. The molecule has 1 aromatic heterocycles. The largest absolute Gasteiger partial charge is 0.496 e. The van der Waals surface area contributed by atoms with Crippen LogP contribution in [0.1, 0.15) is 15.9 Å². The SMILES string of the molecule is COc1ccc(C)cc1Nc1ncnc(NNC(=O)c2ccccc2OC)c1N. The van der Waals surface area contributed by atoms with Crippen LogP contribution >= 0.6 is 0 Å². The number of para-hydroxylation sites is 1. The zero-order valence-electron chi connectivity index (χ0n) is 16.3. The molecular formula is C20H22N6O3. The molecule has 9 nitrogen and oxygen atoms in total. The van der Waals surface area contributed by atoms with Crippen LogP contribution in [-0.4, -0.2) is 30.1 Å². The normalized spacial score (nSPS) is 10.2. The molecule has 3 aromatic rings. The number of aromatic nitrogens is 2. The van der Waals surface area contributed by atoms with Gasteiger partial charge in [-0.2, -0.15) is 0 Å². The summed E-state index contributed by atoms with van der Waals surface area (Å²) in [7, 11) is 3.08. The first-order valence-electron chi connectivity index (χ1n) is 8.75. The van der Waals surface area contributed by atoms with Gasteiger partial charge < -0.3 is 20.5 Å². The summed E-state index contributed by atoms with van der Waals surface area (Å²) in [6.07, 6.45) is 1.33. The number of benzene rings is 2. The number of nitrogens with two attached hydrogens (primary N) is 1. The summed E-state index contributed by atoms with van der Waals surface area (Å²) >= 11 is 0. The van der Waals surface area contributed by atoms with Gasteiger partial charge in [-0.15, -0.1) is 0 Å². The van der Waals surface area contributed by atoms with E-state index in [1.807, 2.05) is 25.1 Å². The summed E-state index contributed by atoms with van der Waals surface area (Å²) in [5, 5.41) is 3.14. The van der Waals surface area contributed by atoms with Gasteiger partial charge in [0.1, 0.15) is 23.5 Å². The Morgan fingerprint density at radius 1 is 1.00 bits per heavy atom. The smallest absolute Gasteiger partial charge is 0.273 e. The predicted molar refractivity (Wildman–Crippen MR) is 112 cm³/mol. The average Bonchev–Trinajstić information content (AvgIpc) is 2.74. The second-order valence-electron chi connectivity index (χ2n) is 6.09. The van der Waals surface area contributed by atoms with Gasteiger partial charge in [-0.05, 0) is 36.8 Å². The molecule has 0 aliphatic rings. The number of hydrogen-bond donors (Lipinski definition) is 4. The Kier molecular flexibility index (Phi) is 5.98. The molecule has 0 aliphatic heterocycles. The van der Waals surface area contributed by atoms with Gasteiger partial charge >= 0.3 is 0 Å². The number of ether oxygens (including phenoxy) is 2. The van der Waals surface area contributed by atoms with Crippen molar-refractivity contribution < 1.29 is 14.3 Å². The fourth-order valence-corrected chi connectivity index (χ4v) is 2.66.